The maximum Gasteiger partial charge on any atom is 0.321 e. The van der Waals surface area contributed by atoms with Gasteiger partial charge in [0.15, 0.2) is 23.2 Å². The van der Waals surface area contributed by atoms with Gasteiger partial charge in [0.25, 0.3) is 5.56 Å². The number of imidazole rings is 1. The van der Waals surface area contributed by atoms with Gasteiger partial charge in [0.1, 0.15) is 17.3 Å². The van der Waals surface area contributed by atoms with Crippen molar-refractivity contribution in [3.8, 4) is 17.6 Å². The van der Waals surface area contributed by atoms with Crippen LogP contribution < -0.4 is 15.0 Å². The van der Waals surface area contributed by atoms with Crippen molar-refractivity contribution >= 4 is 43.7 Å². The van der Waals surface area contributed by atoms with E-state index in [1.807, 2.05) is 56.6 Å². The molecule has 1 N–H and O–H groups in total. The second-order valence-corrected chi connectivity index (χ2v) is 17.0. The highest BCUT2D eigenvalue weighted by atomic mass is 32.2. The van der Waals surface area contributed by atoms with Gasteiger partial charge in [-0.3, -0.25) is 14.3 Å². The number of aromatic amines is 1. The summed E-state index contributed by atoms with van der Waals surface area (Å²) in [5.74, 6) is 2.45. The number of hydrogen-bond acceptors (Lipinski definition) is 13. The Morgan fingerprint density at radius 1 is 0.934 bits per heavy atom. The summed E-state index contributed by atoms with van der Waals surface area (Å²) in [7, 11) is 8.15. The standard InChI is InChI=1S/C44H55N8O7PS/c1-30(2)52(31(3)4)60(58-26-14-25-45)59-39(42(57-10)51-29-46-38-40(51)48-43(49-41(38)53)47-28-50(5)6)37(56-9)27-61-44(32-15-12-11-13-16-32,33-17-21-35(54-7)22-18-33)34-19-23-36(55-8)24-20-34/h11-13,15-24,28-31,42H,14,26-27H2,1-10H3,(H,48,49,53)/b39-37-,47-28+/t42-,60?/m0/s1. The lowest BCUT2D eigenvalue weighted by Gasteiger charge is -2.38. The molecule has 2 aromatic heterocycles. The van der Waals surface area contributed by atoms with E-state index in [0.717, 1.165) is 28.2 Å². The summed E-state index contributed by atoms with van der Waals surface area (Å²) in [6.45, 7) is 8.37. The molecule has 1 unspecified atom stereocenters. The molecule has 0 saturated heterocycles. The zero-order valence-electron chi connectivity index (χ0n) is 36.4. The summed E-state index contributed by atoms with van der Waals surface area (Å²) < 4.78 is 40.3. The van der Waals surface area contributed by atoms with E-state index in [1.54, 1.807) is 42.6 Å². The highest BCUT2D eigenvalue weighted by Crippen LogP contribution is 2.53. The molecule has 5 rings (SSSR count). The molecule has 3 aromatic carbocycles. The van der Waals surface area contributed by atoms with Gasteiger partial charge in [0.05, 0.1) is 63.6 Å². The van der Waals surface area contributed by atoms with Gasteiger partial charge in [0.2, 0.25) is 5.95 Å². The second kappa shape index (κ2) is 21.9. The largest absolute Gasteiger partial charge is 0.497 e. The first-order valence-corrected chi connectivity index (χ1v) is 21.8. The Kier molecular flexibility index (Phi) is 16.7. The van der Waals surface area contributed by atoms with Crippen LogP contribution in [0.2, 0.25) is 0 Å². The number of rotatable bonds is 22. The van der Waals surface area contributed by atoms with E-state index in [4.69, 9.17) is 33.0 Å². The lowest BCUT2D eigenvalue weighted by molar-refractivity contribution is 0.0346. The summed E-state index contributed by atoms with van der Waals surface area (Å²) >= 11 is 1.62. The number of H-pyrrole nitrogens is 1. The molecule has 0 radical (unpaired) electrons. The average molecular weight is 871 g/mol. The molecule has 2 heterocycles. The lowest BCUT2D eigenvalue weighted by Crippen LogP contribution is -2.34. The van der Waals surface area contributed by atoms with Crippen molar-refractivity contribution in [2.75, 3.05) is 54.9 Å². The van der Waals surface area contributed by atoms with E-state index in [0.29, 0.717) is 5.76 Å². The normalized spacial score (nSPS) is 13.4. The predicted octanol–water partition coefficient (Wildman–Crippen LogP) is 8.38. The van der Waals surface area contributed by atoms with E-state index < -0.39 is 25.1 Å². The van der Waals surface area contributed by atoms with Crippen molar-refractivity contribution in [2.24, 2.45) is 4.99 Å². The molecule has 0 aliphatic rings. The molecule has 0 aliphatic carbocycles. The first kappa shape index (κ1) is 46.6. The molecule has 0 amide bonds. The first-order valence-electron chi connectivity index (χ1n) is 19.6. The van der Waals surface area contributed by atoms with Crippen LogP contribution in [0.15, 0.2) is 106 Å². The van der Waals surface area contributed by atoms with Crippen molar-refractivity contribution in [1.29, 1.82) is 5.26 Å². The van der Waals surface area contributed by atoms with E-state index in [1.165, 1.54) is 19.8 Å². The van der Waals surface area contributed by atoms with Crippen LogP contribution in [0.25, 0.3) is 11.2 Å². The number of nitriles is 1. The third-order valence-electron chi connectivity index (χ3n) is 9.48. The van der Waals surface area contributed by atoms with E-state index in [9.17, 15) is 10.1 Å². The van der Waals surface area contributed by atoms with Crippen molar-refractivity contribution < 1.29 is 28.0 Å². The van der Waals surface area contributed by atoms with Crippen LogP contribution in [0, 0.1) is 11.3 Å². The Hall–Kier alpha value is -5.43. The summed E-state index contributed by atoms with van der Waals surface area (Å²) in [5, 5.41) is 9.50. The maximum atomic E-state index is 13.4. The minimum Gasteiger partial charge on any atom is -0.497 e. The Balaban J connectivity index is 1.78. The smallest absolute Gasteiger partial charge is 0.321 e. The highest BCUT2D eigenvalue weighted by molar-refractivity contribution is 8.00. The molecule has 324 valence electrons. The number of ether oxygens (including phenoxy) is 4. The lowest BCUT2D eigenvalue weighted by atomic mass is 9.84. The minimum absolute atomic E-state index is 0.0156. The molecular weight excluding hydrogens is 816 g/mol. The Morgan fingerprint density at radius 2 is 1.52 bits per heavy atom. The fourth-order valence-corrected chi connectivity index (χ4v) is 9.90. The molecule has 0 fully saturated rings. The molecule has 0 saturated carbocycles. The van der Waals surface area contributed by atoms with Crippen LogP contribution in [0.5, 0.6) is 11.5 Å². The number of fused-ring (bicyclic) bond motifs is 1. The van der Waals surface area contributed by atoms with Crippen molar-refractivity contribution in [3.63, 3.8) is 0 Å². The number of nitrogens with zero attached hydrogens (tertiary/aromatic N) is 7. The van der Waals surface area contributed by atoms with Crippen molar-refractivity contribution in [3.05, 3.63) is 124 Å². The topological polar surface area (TPSA) is 162 Å². The zero-order valence-corrected chi connectivity index (χ0v) is 38.1. The summed E-state index contributed by atoms with van der Waals surface area (Å²) in [6.07, 6.45) is 2.11. The number of nitrogens with one attached hydrogen (secondary N) is 1. The summed E-state index contributed by atoms with van der Waals surface area (Å²) in [4.78, 5) is 31.3. The summed E-state index contributed by atoms with van der Waals surface area (Å²) in [5.41, 5.74) is 2.80. The molecule has 0 aliphatic heterocycles. The van der Waals surface area contributed by atoms with Crippen molar-refractivity contribution in [1.82, 2.24) is 29.1 Å². The zero-order chi connectivity index (χ0) is 44.1. The monoisotopic (exact) mass is 870 g/mol. The van der Waals surface area contributed by atoms with Gasteiger partial charge in [-0.1, -0.05) is 54.6 Å². The van der Waals surface area contributed by atoms with Gasteiger partial charge in [-0.25, -0.2) is 14.6 Å². The van der Waals surface area contributed by atoms with Crippen LogP contribution in [0.4, 0.5) is 5.95 Å². The van der Waals surface area contributed by atoms with Crippen LogP contribution in [0.1, 0.15) is 57.0 Å². The third kappa shape index (κ3) is 10.9. The quantitative estimate of drug-likeness (QED) is 0.0177. The molecule has 5 aromatic rings. The van der Waals surface area contributed by atoms with Gasteiger partial charge < -0.3 is 32.9 Å². The molecule has 0 spiro atoms. The van der Waals surface area contributed by atoms with Crippen LogP contribution in [0.3, 0.4) is 0 Å². The fraction of sp³-hybridized carbons (Fsp3) is 0.386. The van der Waals surface area contributed by atoms with Gasteiger partial charge in [-0.15, -0.1) is 11.8 Å². The van der Waals surface area contributed by atoms with Gasteiger partial charge >= 0.3 is 8.53 Å². The number of benzene rings is 3. The maximum absolute atomic E-state index is 13.4. The molecular formula is C44H55N8O7PS. The van der Waals surface area contributed by atoms with Crippen molar-refractivity contribution in [2.45, 2.75) is 57.2 Å². The van der Waals surface area contributed by atoms with Gasteiger partial charge in [0, 0.05) is 33.3 Å². The molecule has 0 bridgehead atoms. The average Bonchev–Trinajstić information content (AvgIpc) is 3.69. The first-order chi connectivity index (χ1) is 29.4. The SMILES string of the molecule is CO/C(CSC(c1ccccc1)(c1ccc(OC)cc1)c1ccc(OC)cc1)=C(\OP(OCCC#N)N(C(C)C)C(C)C)[C@H](OC)n1cnc2c(=O)[nH]c(/N=C/N(C)C)nc21. The number of aromatic nitrogens is 4. The van der Waals surface area contributed by atoms with Crippen LogP contribution >= 0.6 is 20.3 Å². The number of methoxy groups -OCH3 is 4. The molecule has 61 heavy (non-hydrogen) atoms. The second-order valence-electron chi connectivity index (χ2n) is 14.4. The number of aliphatic imine (C=N–C) groups is 1. The Morgan fingerprint density at radius 3 is 2.03 bits per heavy atom. The molecule has 17 heteroatoms. The Labute approximate surface area is 363 Å². The fourth-order valence-electron chi connectivity index (χ4n) is 6.74. The highest BCUT2D eigenvalue weighted by Gasteiger charge is 2.40. The molecule has 2 atom stereocenters. The predicted molar refractivity (Wildman–Crippen MR) is 241 cm³/mol. The van der Waals surface area contributed by atoms with Crippen LogP contribution in [-0.2, 0) is 23.3 Å². The van der Waals surface area contributed by atoms with E-state index in [2.05, 4.69) is 89.8 Å². The van der Waals surface area contributed by atoms with E-state index in [-0.39, 0.29) is 53.7 Å². The number of thioether (sulfide) groups is 1. The van der Waals surface area contributed by atoms with E-state index >= 15 is 0 Å². The number of hydrogen-bond donors (Lipinski definition) is 1. The van der Waals surface area contributed by atoms with Gasteiger partial charge in [-0.2, -0.15) is 10.2 Å². The third-order valence-corrected chi connectivity index (χ3v) is 13.1. The summed E-state index contributed by atoms with van der Waals surface area (Å²) in [6, 6.07) is 28.5. The Bertz CT molecular complexity index is 2270. The molecule has 15 nitrogen and oxygen atoms in total. The minimum atomic E-state index is -1.88. The van der Waals surface area contributed by atoms with Crippen LogP contribution in [-0.4, -0.2) is 102 Å². The van der Waals surface area contributed by atoms with Gasteiger partial charge in [-0.05, 0) is 68.7 Å².